The van der Waals surface area contributed by atoms with Crippen LogP contribution >= 0.6 is 11.3 Å². The molecule has 0 spiro atoms. The first-order valence-corrected chi connectivity index (χ1v) is 7.22. The lowest BCUT2D eigenvalue weighted by Crippen LogP contribution is -2.01. The minimum atomic E-state index is 0.663. The van der Waals surface area contributed by atoms with Gasteiger partial charge >= 0.3 is 0 Å². The molecule has 1 saturated carbocycles. The molecule has 2 aromatic rings. The fraction of sp³-hybridized carbons (Fsp3) is 0.333. The van der Waals surface area contributed by atoms with E-state index in [4.69, 9.17) is 4.74 Å². The van der Waals surface area contributed by atoms with Crippen molar-refractivity contribution < 1.29 is 4.74 Å². The van der Waals surface area contributed by atoms with Crippen molar-refractivity contribution in [1.29, 1.82) is 0 Å². The Hall–Kier alpha value is -1.48. The van der Waals surface area contributed by atoms with Gasteiger partial charge in [0.15, 0.2) is 0 Å². The molecule has 0 unspecified atom stereocenters. The molecule has 3 rings (SSSR count). The van der Waals surface area contributed by atoms with E-state index in [1.807, 2.05) is 7.05 Å². The second-order valence-corrected chi connectivity index (χ2v) is 5.65. The topological polar surface area (TPSA) is 21.3 Å². The van der Waals surface area contributed by atoms with Crippen LogP contribution in [0.1, 0.15) is 29.2 Å². The van der Waals surface area contributed by atoms with Crippen LogP contribution in [0.15, 0.2) is 35.7 Å². The molecule has 2 nitrogen and oxygen atoms in total. The highest BCUT2D eigenvalue weighted by Crippen LogP contribution is 2.46. The predicted molar refractivity (Wildman–Crippen MR) is 76.6 cm³/mol. The molecule has 0 aliphatic heterocycles. The summed E-state index contributed by atoms with van der Waals surface area (Å²) in [6.45, 7) is 0.663. The summed E-state index contributed by atoms with van der Waals surface area (Å²) in [5, 5.41) is 5.31. The number of anilines is 1. The van der Waals surface area contributed by atoms with E-state index in [2.05, 4.69) is 41.0 Å². The highest BCUT2D eigenvalue weighted by molar-refractivity contribution is 7.09. The van der Waals surface area contributed by atoms with Crippen molar-refractivity contribution in [2.75, 3.05) is 12.4 Å². The Balaban J connectivity index is 1.84. The molecule has 0 amide bonds. The van der Waals surface area contributed by atoms with Gasteiger partial charge in [-0.05, 0) is 41.8 Å². The molecule has 0 atom stereocenters. The highest BCUT2D eigenvalue weighted by Gasteiger charge is 2.27. The van der Waals surface area contributed by atoms with Gasteiger partial charge in [0.2, 0.25) is 0 Å². The lowest BCUT2D eigenvalue weighted by molar-refractivity contribution is 0.308. The molecular weight excluding hydrogens is 242 g/mol. The van der Waals surface area contributed by atoms with Crippen molar-refractivity contribution in [3.05, 3.63) is 46.2 Å². The molecule has 1 aliphatic rings. The van der Waals surface area contributed by atoms with Crippen LogP contribution in [0.3, 0.4) is 0 Å². The van der Waals surface area contributed by atoms with E-state index in [1.165, 1.54) is 23.3 Å². The maximum atomic E-state index is 6.05. The molecule has 0 bridgehead atoms. The standard InChI is InChI=1S/C15H17NOS/c1-16-14-6-2-5-13(11-7-8-11)15(14)17-10-12-4-3-9-18-12/h2-6,9,11,16H,7-8,10H2,1H3. The van der Waals surface area contributed by atoms with Crippen molar-refractivity contribution in [3.63, 3.8) is 0 Å². The van der Waals surface area contributed by atoms with Gasteiger partial charge in [-0.2, -0.15) is 0 Å². The Morgan fingerprint density at radius 2 is 2.17 bits per heavy atom. The number of benzene rings is 1. The molecule has 3 heteroatoms. The molecular formula is C15H17NOS. The van der Waals surface area contributed by atoms with E-state index in [-0.39, 0.29) is 0 Å². The summed E-state index contributed by atoms with van der Waals surface area (Å²) in [4.78, 5) is 1.27. The Morgan fingerprint density at radius 1 is 1.28 bits per heavy atom. The summed E-state index contributed by atoms with van der Waals surface area (Å²) in [7, 11) is 1.95. The second kappa shape index (κ2) is 5.02. The molecule has 1 fully saturated rings. The van der Waals surface area contributed by atoms with Gasteiger partial charge in [-0.1, -0.05) is 18.2 Å². The Morgan fingerprint density at radius 3 is 2.83 bits per heavy atom. The molecule has 1 heterocycles. The summed E-state index contributed by atoms with van der Waals surface area (Å²) >= 11 is 1.74. The van der Waals surface area contributed by atoms with E-state index in [1.54, 1.807) is 11.3 Å². The normalized spacial score (nSPS) is 14.5. The zero-order chi connectivity index (χ0) is 12.4. The largest absolute Gasteiger partial charge is 0.486 e. The average Bonchev–Trinajstić information content (AvgIpc) is 3.12. The fourth-order valence-electron chi connectivity index (χ4n) is 2.17. The maximum Gasteiger partial charge on any atom is 0.146 e. The summed E-state index contributed by atoms with van der Waals surface area (Å²) in [6, 6.07) is 10.6. The first kappa shape index (κ1) is 11.6. The number of thiophene rings is 1. The van der Waals surface area contributed by atoms with Crippen LogP contribution in [0.2, 0.25) is 0 Å². The predicted octanol–water partition coefficient (Wildman–Crippen LogP) is 4.25. The van der Waals surface area contributed by atoms with Gasteiger partial charge in [0.05, 0.1) is 5.69 Å². The Labute approximate surface area is 112 Å². The quantitative estimate of drug-likeness (QED) is 0.867. The molecule has 1 aromatic heterocycles. The van der Waals surface area contributed by atoms with E-state index in [0.717, 1.165) is 11.4 Å². The monoisotopic (exact) mass is 259 g/mol. The lowest BCUT2D eigenvalue weighted by atomic mass is 10.1. The van der Waals surface area contributed by atoms with E-state index in [9.17, 15) is 0 Å². The summed E-state index contributed by atoms with van der Waals surface area (Å²) < 4.78 is 6.05. The third-order valence-corrected chi connectivity index (χ3v) is 4.12. The highest BCUT2D eigenvalue weighted by atomic mass is 32.1. The van der Waals surface area contributed by atoms with Crippen molar-refractivity contribution in [2.24, 2.45) is 0 Å². The molecule has 0 saturated heterocycles. The first-order valence-electron chi connectivity index (χ1n) is 6.34. The number of rotatable bonds is 5. The summed E-state index contributed by atoms with van der Waals surface area (Å²) in [5.41, 5.74) is 2.45. The van der Waals surface area contributed by atoms with Crippen LogP contribution in [-0.4, -0.2) is 7.05 Å². The summed E-state index contributed by atoms with van der Waals surface area (Å²) in [5.74, 6) is 1.74. The molecule has 94 valence electrons. The first-order chi connectivity index (χ1) is 8.88. The third kappa shape index (κ3) is 2.36. The SMILES string of the molecule is CNc1cccc(C2CC2)c1OCc1cccs1. The van der Waals surface area contributed by atoms with E-state index < -0.39 is 0 Å². The maximum absolute atomic E-state index is 6.05. The third-order valence-electron chi connectivity index (χ3n) is 3.27. The minimum Gasteiger partial charge on any atom is -0.486 e. The Kier molecular flexibility index (Phi) is 3.24. The average molecular weight is 259 g/mol. The number of nitrogens with one attached hydrogen (secondary N) is 1. The van der Waals surface area contributed by atoms with Crippen molar-refractivity contribution in [2.45, 2.75) is 25.4 Å². The lowest BCUT2D eigenvalue weighted by Gasteiger charge is -2.15. The van der Waals surface area contributed by atoms with E-state index >= 15 is 0 Å². The van der Waals surface area contributed by atoms with Gasteiger partial charge < -0.3 is 10.1 Å². The minimum absolute atomic E-state index is 0.663. The van der Waals surface area contributed by atoms with Gasteiger partial charge in [-0.3, -0.25) is 0 Å². The summed E-state index contributed by atoms with van der Waals surface area (Å²) in [6.07, 6.45) is 2.59. The van der Waals surface area contributed by atoms with Crippen molar-refractivity contribution in [3.8, 4) is 5.75 Å². The van der Waals surface area contributed by atoms with Gasteiger partial charge in [0, 0.05) is 11.9 Å². The van der Waals surface area contributed by atoms with Crippen LogP contribution in [0, 0.1) is 0 Å². The van der Waals surface area contributed by atoms with Crippen LogP contribution in [0.25, 0.3) is 0 Å². The van der Waals surface area contributed by atoms with Crippen LogP contribution < -0.4 is 10.1 Å². The van der Waals surface area contributed by atoms with E-state index in [0.29, 0.717) is 12.5 Å². The van der Waals surface area contributed by atoms with Gasteiger partial charge in [0.25, 0.3) is 0 Å². The van der Waals surface area contributed by atoms with Crippen molar-refractivity contribution in [1.82, 2.24) is 0 Å². The van der Waals surface area contributed by atoms with Crippen LogP contribution in [0.5, 0.6) is 5.75 Å². The molecule has 18 heavy (non-hydrogen) atoms. The number of hydrogen-bond donors (Lipinski definition) is 1. The number of ether oxygens (including phenoxy) is 1. The fourth-order valence-corrected chi connectivity index (χ4v) is 2.78. The van der Waals surface area contributed by atoms with Crippen molar-refractivity contribution >= 4 is 17.0 Å². The zero-order valence-corrected chi connectivity index (χ0v) is 11.3. The molecule has 1 aliphatic carbocycles. The van der Waals surface area contributed by atoms with Gasteiger partial charge in [-0.25, -0.2) is 0 Å². The second-order valence-electron chi connectivity index (χ2n) is 4.62. The van der Waals surface area contributed by atoms with Gasteiger partial charge in [-0.15, -0.1) is 11.3 Å². The number of hydrogen-bond acceptors (Lipinski definition) is 3. The molecule has 1 N–H and O–H groups in total. The van der Waals surface area contributed by atoms with Crippen LogP contribution in [0.4, 0.5) is 5.69 Å². The zero-order valence-electron chi connectivity index (χ0n) is 10.5. The molecule has 1 aromatic carbocycles. The van der Waals surface area contributed by atoms with Crippen LogP contribution in [-0.2, 0) is 6.61 Å². The smallest absolute Gasteiger partial charge is 0.146 e. The molecule has 0 radical (unpaired) electrons. The Bertz CT molecular complexity index is 517. The van der Waals surface area contributed by atoms with Gasteiger partial charge in [0.1, 0.15) is 12.4 Å². The number of para-hydroxylation sites is 1.